The summed E-state index contributed by atoms with van der Waals surface area (Å²) < 4.78 is 7.42. The van der Waals surface area contributed by atoms with Crippen LogP contribution >= 0.6 is 12.2 Å². The van der Waals surface area contributed by atoms with Crippen LogP contribution in [-0.2, 0) is 11.8 Å². The minimum Gasteiger partial charge on any atom is -0.492 e. The lowest BCUT2D eigenvalue weighted by Gasteiger charge is -2.17. The first-order valence-electron chi connectivity index (χ1n) is 8.03. The highest BCUT2D eigenvalue weighted by atomic mass is 32.1. The van der Waals surface area contributed by atoms with Crippen LogP contribution in [0.15, 0.2) is 30.0 Å². The Kier molecular flexibility index (Phi) is 4.59. The smallest absolute Gasteiger partial charge is 0.281 e. The van der Waals surface area contributed by atoms with Gasteiger partial charge in [-0.15, -0.1) is 0 Å². The van der Waals surface area contributed by atoms with Crippen LogP contribution in [-0.4, -0.2) is 27.4 Å². The Morgan fingerprint density at radius 2 is 2.04 bits per heavy atom. The van der Waals surface area contributed by atoms with Gasteiger partial charge in [-0.3, -0.25) is 9.48 Å². The number of aromatic nitrogens is 2. The molecule has 1 aromatic heterocycles. The Labute approximate surface area is 152 Å². The molecule has 0 bridgehead atoms. The second-order valence-corrected chi connectivity index (χ2v) is 6.12. The molecule has 130 valence electrons. The van der Waals surface area contributed by atoms with E-state index in [2.05, 4.69) is 10.4 Å². The van der Waals surface area contributed by atoms with Crippen molar-refractivity contribution in [1.29, 1.82) is 0 Å². The van der Waals surface area contributed by atoms with Gasteiger partial charge in [0.25, 0.3) is 5.91 Å². The van der Waals surface area contributed by atoms with Crippen molar-refractivity contribution in [3.8, 4) is 5.75 Å². The second kappa shape index (κ2) is 6.68. The monoisotopic (exact) mass is 356 g/mol. The summed E-state index contributed by atoms with van der Waals surface area (Å²) in [6.07, 6.45) is 1.80. The van der Waals surface area contributed by atoms with Gasteiger partial charge in [-0.2, -0.15) is 5.10 Å². The number of aryl methyl sites for hydroxylation is 2. The summed E-state index contributed by atoms with van der Waals surface area (Å²) in [6.45, 7) is 6.29. The van der Waals surface area contributed by atoms with Gasteiger partial charge in [-0.25, -0.2) is 4.90 Å². The van der Waals surface area contributed by atoms with Crippen LogP contribution in [0.5, 0.6) is 5.75 Å². The topological polar surface area (TPSA) is 59.4 Å². The molecule has 2 heterocycles. The number of ether oxygens (including phenoxy) is 1. The van der Waals surface area contributed by atoms with Gasteiger partial charge in [0.15, 0.2) is 5.11 Å². The van der Waals surface area contributed by atoms with E-state index in [9.17, 15) is 4.79 Å². The Morgan fingerprint density at radius 1 is 1.32 bits per heavy atom. The number of nitrogens with one attached hydrogen (secondary N) is 1. The van der Waals surface area contributed by atoms with Crippen LogP contribution in [0.3, 0.4) is 0 Å². The zero-order valence-electron chi connectivity index (χ0n) is 14.7. The van der Waals surface area contributed by atoms with Gasteiger partial charge in [0.05, 0.1) is 18.0 Å². The molecular formula is C18H20N4O2S. The maximum Gasteiger partial charge on any atom is 0.281 e. The fourth-order valence-corrected chi connectivity index (χ4v) is 3.11. The zero-order valence-corrected chi connectivity index (χ0v) is 15.5. The van der Waals surface area contributed by atoms with Crippen molar-refractivity contribution in [1.82, 2.24) is 15.1 Å². The quantitative estimate of drug-likeness (QED) is 0.674. The minimum absolute atomic E-state index is 0.209. The normalized spacial score (nSPS) is 15.8. The van der Waals surface area contributed by atoms with Gasteiger partial charge < -0.3 is 10.1 Å². The van der Waals surface area contributed by atoms with Crippen molar-refractivity contribution < 1.29 is 9.53 Å². The highest BCUT2D eigenvalue weighted by molar-refractivity contribution is 7.80. The number of amides is 1. The van der Waals surface area contributed by atoms with Crippen molar-refractivity contribution >= 4 is 35.0 Å². The van der Waals surface area contributed by atoms with Crippen LogP contribution < -0.4 is 15.0 Å². The first kappa shape index (κ1) is 17.2. The number of benzene rings is 1. The third-order valence-electron chi connectivity index (χ3n) is 4.14. The molecule has 1 amide bonds. The molecule has 1 fully saturated rings. The molecule has 7 heteroatoms. The lowest BCUT2D eigenvalue weighted by Crippen LogP contribution is -2.30. The van der Waals surface area contributed by atoms with Gasteiger partial charge >= 0.3 is 0 Å². The maximum absolute atomic E-state index is 12.9. The first-order chi connectivity index (χ1) is 11.9. The fraction of sp³-hybridized carbons (Fsp3) is 0.278. The van der Waals surface area contributed by atoms with Gasteiger partial charge in [-0.05, 0) is 51.2 Å². The number of rotatable bonds is 4. The highest BCUT2D eigenvalue weighted by Gasteiger charge is 2.34. The molecule has 1 aliphatic rings. The number of carbonyl (C=O) groups excluding carboxylic acids is 1. The molecule has 6 nitrogen and oxygen atoms in total. The summed E-state index contributed by atoms with van der Waals surface area (Å²) in [6, 6.07) is 7.36. The number of anilines is 1. The first-order valence-corrected chi connectivity index (χ1v) is 8.44. The van der Waals surface area contributed by atoms with Gasteiger partial charge in [-0.1, -0.05) is 12.1 Å². The van der Waals surface area contributed by atoms with E-state index in [-0.39, 0.29) is 5.91 Å². The van der Waals surface area contributed by atoms with Crippen molar-refractivity contribution in [2.75, 3.05) is 11.5 Å². The maximum atomic E-state index is 12.9. The SMILES string of the molecule is CCOc1ccccc1N1C(=O)/C(=C\c2c(C)nn(C)c2C)NC1=S. The number of para-hydroxylation sites is 2. The molecule has 1 aliphatic heterocycles. The molecule has 0 atom stereocenters. The van der Waals surface area contributed by atoms with Crippen molar-refractivity contribution in [2.45, 2.75) is 20.8 Å². The lowest BCUT2D eigenvalue weighted by atomic mass is 10.1. The van der Waals surface area contributed by atoms with E-state index in [4.69, 9.17) is 17.0 Å². The van der Waals surface area contributed by atoms with E-state index in [1.165, 1.54) is 4.90 Å². The van der Waals surface area contributed by atoms with E-state index >= 15 is 0 Å². The Bertz CT molecular complexity index is 885. The molecule has 2 aromatic rings. The predicted octanol–water partition coefficient (Wildman–Crippen LogP) is 2.70. The van der Waals surface area contributed by atoms with Crippen LogP contribution in [0.25, 0.3) is 6.08 Å². The van der Waals surface area contributed by atoms with Crippen molar-refractivity contribution in [3.05, 3.63) is 46.9 Å². The molecule has 0 spiro atoms. The number of hydrogen-bond acceptors (Lipinski definition) is 4. The molecule has 3 rings (SSSR count). The highest BCUT2D eigenvalue weighted by Crippen LogP contribution is 2.32. The van der Waals surface area contributed by atoms with Crippen molar-refractivity contribution in [3.63, 3.8) is 0 Å². The standard InChI is InChI=1S/C18H20N4O2S/c1-5-24-16-9-7-6-8-15(16)22-17(23)14(19-18(22)25)10-13-11(2)20-21(4)12(13)3/h6-10H,5H2,1-4H3,(H,19,25)/b14-10+. The summed E-state index contributed by atoms with van der Waals surface area (Å²) in [5, 5.41) is 7.72. The molecule has 1 saturated heterocycles. The number of carbonyl (C=O) groups is 1. The summed E-state index contributed by atoms with van der Waals surface area (Å²) in [7, 11) is 1.88. The summed E-state index contributed by atoms with van der Waals surface area (Å²) >= 11 is 5.38. The molecule has 1 aromatic carbocycles. The Morgan fingerprint density at radius 3 is 2.68 bits per heavy atom. The number of hydrogen-bond donors (Lipinski definition) is 1. The van der Waals surface area contributed by atoms with Crippen molar-refractivity contribution in [2.24, 2.45) is 7.05 Å². The van der Waals surface area contributed by atoms with E-state index in [0.717, 1.165) is 17.0 Å². The number of nitrogens with zero attached hydrogens (tertiary/aromatic N) is 3. The molecular weight excluding hydrogens is 336 g/mol. The largest absolute Gasteiger partial charge is 0.492 e. The Balaban J connectivity index is 2.00. The minimum atomic E-state index is -0.209. The van der Waals surface area contributed by atoms with Crippen LogP contribution in [0.4, 0.5) is 5.69 Å². The fourth-order valence-electron chi connectivity index (χ4n) is 2.82. The lowest BCUT2D eigenvalue weighted by molar-refractivity contribution is -0.113. The van der Waals surface area contributed by atoms with Gasteiger partial charge in [0.1, 0.15) is 11.4 Å². The summed E-state index contributed by atoms with van der Waals surface area (Å²) in [4.78, 5) is 14.4. The molecule has 0 saturated carbocycles. The van der Waals surface area contributed by atoms with Crippen LogP contribution in [0.2, 0.25) is 0 Å². The molecule has 25 heavy (non-hydrogen) atoms. The van der Waals surface area contributed by atoms with Crippen LogP contribution in [0, 0.1) is 13.8 Å². The third kappa shape index (κ3) is 3.02. The molecule has 1 N–H and O–H groups in total. The molecule has 0 aliphatic carbocycles. The van der Waals surface area contributed by atoms with E-state index in [1.54, 1.807) is 10.8 Å². The second-order valence-electron chi connectivity index (χ2n) is 5.74. The average Bonchev–Trinajstić information content (AvgIpc) is 2.99. The zero-order chi connectivity index (χ0) is 18.1. The summed E-state index contributed by atoms with van der Waals surface area (Å²) in [5.74, 6) is 0.414. The van der Waals surface area contributed by atoms with Gasteiger partial charge in [0.2, 0.25) is 0 Å². The van der Waals surface area contributed by atoms with E-state index in [0.29, 0.717) is 28.9 Å². The van der Waals surface area contributed by atoms with E-state index < -0.39 is 0 Å². The predicted molar refractivity (Wildman–Crippen MR) is 101 cm³/mol. The van der Waals surface area contributed by atoms with Crippen LogP contribution in [0.1, 0.15) is 23.9 Å². The third-order valence-corrected chi connectivity index (χ3v) is 4.42. The summed E-state index contributed by atoms with van der Waals surface area (Å²) in [5.41, 5.74) is 3.83. The Hall–Kier alpha value is -2.67. The molecule has 0 unspecified atom stereocenters. The molecule has 0 radical (unpaired) electrons. The van der Waals surface area contributed by atoms with E-state index in [1.807, 2.05) is 52.1 Å². The number of thiocarbonyl (C=S) groups is 1. The van der Waals surface area contributed by atoms with Gasteiger partial charge in [0, 0.05) is 18.3 Å². The average molecular weight is 356 g/mol.